The molecule has 0 saturated heterocycles. The first-order valence-corrected chi connectivity index (χ1v) is 12.2. The van der Waals surface area contributed by atoms with Crippen LogP contribution in [0.1, 0.15) is 28.1 Å². The van der Waals surface area contributed by atoms with Gasteiger partial charge in [0.1, 0.15) is 18.2 Å². The zero-order valence-electron chi connectivity index (χ0n) is 21.2. The van der Waals surface area contributed by atoms with Crippen molar-refractivity contribution in [2.45, 2.75) is 19.7 Å². The zero-order valence-corrected chi connectivity index (χ0v) is 21.2. The van der Waals surface area contributed by atoms with Gasteiger partial charge >= 0.3 is 11.9 Å². The van der Waals surface area contributed by atoms with Crippen molar-refractivity contribution < 1.29 is 17.9 Å². The highest BCUT2D eigenvalue weighted by molar-refractivity contribution is 5.71. The van der Waals surface area contributed by atoms with Gasteiger partial charge < -0.3 is 4.74 Å². The van der Waals surface area contributed by atoms with E-state index in [2.05, 4.69) is 31.8 Å². The lowest BCUT2D eigenvalue weighted by Gasteiger charge is -2.17. The van der Waals surface area contributed by atoms with Gasteiger partial charge in [0, 0.05) is 22.4 Å². The lowest BCUT2D eigenvalue weighted by molar-refractivity contribution is -0.137. The molecule has 5 aromatic rings. The fourth-order valence-corrected chi connectivity index (χ4v) is 3.96. The Bertz CT molecular complexity index is 1770. The van der Waals surface area contributed by atoms with E-state index in [4.69, 9.17) is 4.74 Å². The number of rotatable bonds is 5. The van der Waals surface area contributed by atoms with E-state index < -0.39 is 23.0 Å². The van der Waals surface area contributed by atoms with Crippen LogP contribution in [0.4, 0.5) is 13.2 Å². The van der Waals surface area contributed by atoms with Gasteiger partial charge in [0.2, 0.25) is 0 Å². The van der Waals surface area contributed by atoms with Gasteiger partial charge in [-0.25, -0.2) is 9.78 Å². The molecule has 2 aromatic heterocycles. The average molecular weight is 539 g/mol. The van der Waals surface area contributed by atoms with E-state index in [-0.39, 0.29) is 24.0 Å². The van der Waals surface area contributed by atoms with Crippen LogP contribution in [-0.4, -0.2) is 19.9 Å². The van der Waals surface area contributed by atoms with Crippen molar-refractivity contribution in [3.63, 3.8) is 0 Å². The normalized spacial score (nSPS) is 11.0. The molecule has 5 rings (SSSR count). The Kier molecular flexibility index (Phi) is 7.42. The molecular formula is C31H21F3N4O2. The Labute approximate surface area is 227 Å². The standard InChI is InChI=1S/C31H21F3N4O2/c1-20-7-5-10-24(35-20)19-40-26-12-6-11-25(31(32,33)34)27(26)29-36-28(37-30(39)38-29)23-17-15-22(16-18-23)14-13-21-8-3-2-4-9-21/h2-12,15-18H,19H2,1H3,(H,36,37,38,39). The number of halogens is 3. The molecule has 3 aromatic carbocycles. The van der Waals surface area contributed by atoms with Crippen LogP contribution in [0, 0.1) is 18.8 Å². The second kappa shape index (κ2) is 11.3. The van der Waals surface area contributed by atoms with Gasteiger partial charge in [-0.05, 0) is 67.6 Å². The van der Waals surface area contributed by atoms with Crippen molar-refractivity contribution in [1.29, 1.82) is 0 Å². The maximum absolute atomic E-state index is 14.1. The molecule has 0 spiro atoms. The molecule has 0 saturated carbocycles. The van der Waals surface area contributed by atoms with Gasteiger partial charge in [-0.1, -0.05) is 42.2 Å². The average Bonchev–Trinajstić information content (AvgIpc) is 2.95. The third-order valence-electron chi connectivity index (χ3n) is 5.81. The minimum atomic E-state index is -4.74. The number of hydrogen-bond donors (Lipinski definition) is 1. The molecule has 0 radical (unpaired) electrons. The number of hydrogen-bond acceptors (Lipinski definition) is 5. The number of alkyl halides is 3. The molecule has 0 bridgehead atoms. The molecule has 0 unspecified atom stereocenters. The van der Waals surface area contributed by atoms with Crippen LogP contribution < -0.4 is 10.4 Å². The van der Waals surface area contributed by atoms with E-state index in [9.17, 15) is 18.0 Å². The van der Waals surface area contributed by atoms with Gasteiger partial charge in [-0.2, -0.15) is 18.2 Å². The first-order chi connectivity index (χ1) is 19.3. The Hall–Kier alpha value is -5.23. The maximum atomic E-state index is 14.1. The zero-order chi connectivity index (χ0) is 28.1. The summed E-state index contributed by atoms with van der Waals surface area (Å²) in [6, 6.07) is 25.0. The molecule has 6 nitrogen and oxygen atoms in total. The van der Waals surface area contributed by atoms with Crippen LogP contribution >= 0.6 is 0 Å². The van der Waals surface area contributed by atoms with Crippen molar-refractivity contribution in [2.24, 2.45) is 0 Å². The lowest BCUT2D eigenvalue weighted by Crippen LogP contribution is -2.17. The number of nitrogens with one attached hydrogen (secondary N) is 1. The number of pyridine rings is 1. The fraction of sp³-hybridized carbons (Fsp3) is 0.0968. The number of benzene rings is 3. The monoisotopic (exact) mass is 538 g/mol. The van der Waals surface area contributed by atoms with Crippen molar-refractivity contribution in [3.05, 3.63) is 130 Å². The minimum Gasteiger partial charge on any atom is -0.487 e. The molecule has 198 valence electrons. The van der Waals surface area contributed by atoms with Gasteiger partial charge in [-0.3, -0.25) is 9.97 Å². The minimum absolute atomic E-state index is 0.0374. The largest absolute Gasteiger partial charge is 0.487 e. The predicted octanol–water partition coefficient (Wildman–Crippen LogP) is 6.20. The molecule has 9 heteroatoms. The van der Waals surface area contributed by atoms with Gasteiger partial charge in [0.25, 0.3) is 0 Å². The van der Waals surface area contributed by atoms with Crippen LogP contribution in [0.25, 0.3) is 22.8 Å². The SMILES string of the molecule is Cc1cccc(COc2cccc(C(F)(F)F)c2-c2nc(-c3ccc(C#Cc4ccccc4)cc3)nc(=O)[nH]2)n1. The second-order valence-electron chi connectivity index (χ2n) is 8.75. The smallest absolute Gasteiger partial charge is 0.417 e. The molecule has 1 N–H and O–H groups in total. The summed E-state index contributed by atoms with van der Waals surface area (Å²) in [6.45, 7) is 1.72. The van der Waals surface area contributed by atoms with Crippen LogP contribution in [0.2, 0.25) is 0 Å². The van der Waals surface area contributed by atoms with E-state index in [0.717, 1.165) is 17.3 Å². The summed E-state index contributed by atoms with van der Waals surface area (Å²) in [5.41, 5.74) is 1.03. The Morgan fingerprint density at radius 1 is 0.800 bits per heavy atom. The molecular weight excluding hydrogens is 517 g/mol. The summed E-state index contributed by atoms with van der Waals surface area (Å²) >= 11 is 0. The molecule has 0 aliphatic rings. The number of ether oxygens (including phenoxy) is 1. The van der Waals surface area contributed by atoms with E-state index in [1.54, 1.807) is 49.4 Å². The first-order valence-electron chi connectivity index (χ1n) is 12.2. The fourth-order valence-electron chi connectivity index (χ4n) is 3.96. The van der Waals surface area contributed by atoms with Gasteiger partial charge in [0.05, 0.1) is 16.8 Å². The van der Waals surface area contributed by atoms with E-state index in [1.807, 2.05) is 30.3 Å². The molecule has 0 aliphatic carbocycles. The Morgan fingerprint density at radius 3 is 2.20 bits per heavy atom. The molecule has 2 heterocycles. The summed E-state index contributed by atoms with van der Waals surface area (Å²) in [5, 5.41) is 0. The number of H-pyrrole nitrogens is 1. The number of nitrogens with zero attached hydrogens (tertiary/aromatic N) is 3. The highest BCUT2D eigenvalue weighted by atomic mass is 19.4. The molecule has 0 amide bonds. The number of aromatic amines is 1. The lowest BCUT2D eigenvalue weighted by atomic mass is 10.0. The molecule has 40 heavy (non-hydrogen) atoms. The summed E-state index contributed by atoms with van der Waals surface area (Å²) in [7, 11) is 0. The van der Waals surface area contributed by atoms with Crippen molar-refractivity contribution in [2.75, 3.05) is 0 Å². The van der Waals surface area contributed by atoms with Crippen molar-refractivity contribution in [1.82, 2.24) is 19.9 Å². The van der Waals surface area contributed by atoms with Crippen LogP contribution in [-0.2, 0) is 12.8 Å². The molecule has 0 fully saturated rings. The third-order valence-corrected chi connectivity index (χ3v) is 5.81. The van der Waals surface area contributed by atoms with Gasteiger partial charge in [-0.15, -0.1) is 0 Å². The van der Waals surface area contributed by atoms with Crippen LogP contribution in [0.5, 0.6) is 5.75 Å². The van der Waals surface area contributed by atoms with Crippen LogP contribution in [0.3, 0.4) is 0 Å². The van der Waals surface area contributed by atoms with E-state index >= 15 is 0 Å². The number of aryl methyl sites for hydroxylation is 1. The highest BCUT2D eigenvalue weighted by Crippen LogP contribution is 2.41. The highest BCUT2D eigenvalue weighted by Gasteiger charge is 2.36. The molecule has 0 atom stereocenters. The van der Waals surface area contributed by atoms with E-state index in [1.165, 1.54) is 12.1 Å². The number of aromatic nitrogens is 4. The summed E-state index contributed by atoms with van der Waals surface area (Å²) < 4.78 is 48.0. The van der Waals surface area contributed by atoms with Crippen molar-refractivity contribution >= 4 is 0 Å². The maximum Gasteiger partial charge on any atom is 0.417 e. The van der Waals surface area contributed by atoms with Gasteiger partial charge in [0.15, 0.2) is 5.82 Å². The Morgan fingerprint density at radius 2 is 1.50 bits per heavy atom. The second-order valence-corrected chi connectivity index (χ2v) is 8.75. The Balaban J connectivity index is 1.51. The summed E-state index contributed by atoms with van der Waals surface area (Å²) in [4.78, 5) is 27.4. The topological polar surface area (TPSA) is 80.8 Å². The predicted molar refractivity (Wildman–Crippen MR) is 144 cm³/mol. The summed E-state index contributed by atoms with van der Waals surface area (Å²) in [5.74, 6) is 5.64. The molecule has 0 aliphatic heterocycles. The van der Waals surface area contributed by atoms with E-state index in [0.29, 0.717) is 16.8 Å². The third kappa shape index (κ3) is 6.25. The summed E-state index contributed by atoms with van der Waals surface area (Å²) in [6.07, 6.45) is -4.74. The first kappa shape index (κ1) is 26.4. The quantitative estimate of drug-likeness (QED) is 0.270. The van der Waals surface area contributed by atoms with Crippen LogP contribution in [0.15, 0.2) is 95.8 Å². The van der Waals surface area contributed by atoms with Crippen molar-refractivity contribution in [3.8, 4) is 40.4 Å².